The van der Waals surface area contributed by atoms with E-state index in [0.29, 0.717) is 42.9 Å². The van der Waals surface area contributed by atoms with Gasteiger partial charge in [0.25, 0.3) is 10.0 Å². The van der Waals surface area contributed by atoms with Gasteiger partial charge in [-0.2, -0.15) is 0 Å². The number of halogens is 1. The van der Waals surface area contributed by atoms with Crippen molar-refractivity contribution in [1.82, 2.24) is 4.72 Å². The van der Waals surface area contributed by atoms with Gasteiger partial charge < -0.3 is 5.32 Å². The average Bonchev–Trinajstić information content (AvgIpc) is 3.40. The number of carbonyl (C=O) groups excluding carboxylic acids is 1. The predicted molar refractivity (Wildman–Crippen MR) is 113 cm³/mol. The molecular formula is C22H24FN3O3S. The molecule has 1 aliphatic heterocycles. The SMILES string of the molecule is O=C(Nc1cccc(S(=O)(=O)NC2=NCCC2)c1)C1(c2cccc(F)c2)CCCC1. The highest BCUT2D eigenvalue weighted by molar-refractivity contribution is 7.90. The van der Waals surface area contributed by atoms with Crippen molar-refractivity contribution in [3.05, 3.63) is 59.9 Å². The van der Waals surface area contributed by atoms with Crippen LogP contribution in [0.15, 0.2) is 58.4 Å². The molecule has 4 rings (SSSR count). The molecule has 0 unspecified atom stereocenters. The number of nitrogens with zero attached hydrogens (tertiary/aromatic N) is 1. The predicted octanol–water partition coefficient (Wildman–Crippen LogP) is 3.75. The molecule has 1 saturated carbocycles. The van der Waals surface area contributed by atoms with Crippen molar-refractivity contribution in [1.29, 1.82) is 0 Å². The zero-order chi connectivity index (χ0) is 21.2. The lowest BCUT2D eigenvalue weighted by molar-refractivity contribution is -0.121. The first-order valence-electron chi connectivity index (χ1n) is 10.1. The number of aliphatic imine (C=N–C) groups is 1. The Morgan fingerprint density at radius 3 is 2.50 bits per heavy atom. The molecular weight excluding hydrogens is 405 g/mol. The molecule has 8 heteroatoms. The summed E-state index contributed by atoms with van der Waals surface area (Å²) >= 11 is 0. The van der Waals surface area contributed by atoms with Gasteiger partial charge in [-0.05, 0) is 55.2 Å². The number of amides is 1. The van der Waals surface area contributed by atoms with Crippen LogP contribution in [0.4, 0.5) is 10.1 Å². The maximum atomic E-state index is 13.8. The molecule has 2 aromatic rings. The number of hydrogen-bond donors (Lipinski definition) is 2. The Morgan fingerprint density at radius 1 is 1.03 bits per heavy atom. The summed E-state index contributed by atoms with van der Waals surface area (Å²) in [7, 11) is -3.78. The van der Waals surface area contributed by atoms with Crippen molar-refractivity contribution in [2.45, 2.75) is 48.8 Å². The van der Waals surface area contributed by atoms with Gasteiger partial charge in [0.15, 0.2) is 0 Å². The van der Waals surface area contributed by atoms with Gasteiger partial charge in [0.05, 0.1) is 10.3 Å². The van der Waals surface area contributed by atoms with Crippen molar-refractivity contribution in [2.24, 2.45) is 4.99 Å². The van der Waals surface area contributed by atoms with E-state index in [2.05, 4.69) is 15.0 Å². The lowest BCUT2D eigenvalue weighted by Gasteiger charge is -2.28. The monoisotopic (exact) mass is 429 g/mol. The minimum atomic E-state index is -3.78. The lowest BCUT2D eigenvalue weighted by Crippen LogP contribution is -2.38. The van der Waals surface area contributed by atoms with E-state index in [-0.39, 0.29) is 16.6 Å². The van der Waals surface area contributed by atoms with Crippen molar-refractivity contribution < 1.29 is 17.6 Å². The van der Waals surface area contributed by atoms with E-state index < -0.39 is 15.4 Å². The van der Waals surface area contributed by atoms with Crippen molar-refractivity contribution in [2.75, 3.05) is 11.9 Å². The minimum Gasteiger partial charge on any atom is -0.325 e. The maximum Gasteiger partial charge on any atom is 0.262 e. The van der Waals surface area contributed by atoms with Gasteiger partial charge in [-0.15, -0.1) is 0 Å². The molecule has 30 heavy (non-hydrogen) atoms. The van der Waals surface area contributed by atoms with Crippen LogP contribution in [0.2, 0.25) is 0 Å². The first kappa shape index (κ1) is 20.5. The van der Waals surface area contributed by atoms with E-state index in [9.17, 15) is 17.6 Å². The number of benzene rings is 2. The van der Waals surface area contributed by atoms with Crippen LogP contribution in [0.25, 0.3) is 0 Å². The number of carbonyl (C=O) groups is 1. The number of anilines is 1. The first-order chi connectivity index (χ1) is 14.4. The highest BCUT2D eigenvalue weighted by Gasteiger charge is 2.43. The fourth-order valence-electron chi connectivity index (χ4n) is 4.24. The van der Waals surface area contributed by atoms with Crippen LogP contribution in [0, 0.1) is 5.82 Å². The topological polar surface area (TPSA) is 87.6 Å². The minimum absolute atomic E-state index is 0.0566. The molecule has 158 valence electrons. The second kappa shape index (κ2) is 8.18. The summed E-state index contributed by atoms with van der Waals surface area (Å²) < 4.78 is 41.6. The standard InChI is InChI=1S/C22H24FN3O3S/c23-17-7-3-6-16(14-17)22(11-1-2-12-22)21(27)25-18-8-4-9-19(15-18)30(28,29)26-20-10-5-13-24-20/h3-4,6-9,14-15H,1-2,5,10-13H2,(H,24,26)(H,25,27). The van der Waals surface area contributed by atoms with Crippen LogP contribution in [-0.4, -0.2) is 26.7 Å². The van der Waals surface area contributed by atoms with Gasteiger partial charge in [-0.1, -0.05) is 31.0 Å². The number of amidine groups is 1. The third kappa shape index (κ3) is 4.09. The Balaban J connectivity index is 1.58. The average molecular weight is 430 g/mol. The highest BCUT2D eigenvalue weighted by Crippen LogP contribution is 2.42. The molecule has 0 bridgehead atoms. The van der Waals surface area contributed by atoms with E-state index in [1.807, 2.05) is 0 Å². The quantitative estimate of drug-likeness (QED) is 0.759. The lowest BCUT2D eigenvalue weighted by atomic mass is 9.78. The Morgan fingerprint density at radius 2 is 1.80 bits per heavy atom. The highest BCUT2D eigenvalue weighted by atomic mass is 32.2. The molecule has 0 radical (unpaired) electrons. The summed E-state index contributed by atoms with van der Waals surface area (Å²) in [6.45, 7) is 0.621. The number of rotatable bonds is 5. The van der Waals surface area contributed by atoms with E-state index in [0.717, 1.165) is 19.3 Å². The summed E-state index contributed by atoms with van der Waals surface area (Å²) in [5, 5.41) is 2.86. The molecule has 6 nitrogen and oxygen atoms in total. The summed E-state index contributed by atoms with van der Waals surface area (Å²) in [6, 6.07) is 12.3. The van der Waals surface area contributed by atoms with Gasteiger partial charge in [-0.3, -0.25) is 14.5 Å². The first-order valence-corrected chi connectivity index (χ1v) is 11.6. The van der Waals surface area contributed by atoms with Crippen molar-refractivity contribution in [3.63, 3.8) is 0 Å². The fraction of sp³-hybridized carbons (Fsp3) is 0.364. The summed E-state index contributed by atoms with van der Waals surface area (Å²) in [5.74, 6) is -0.158. The summed E-state index contributed by atoms with van der Waals surface area (Å²) in [6.07, 6.45) is 4.44. The van der Waals surface area contributed by atoms with Crippen LogP contribution in [0.5, 0.6) is 0 Å². The fourth-order valence-corrected chi connectivity index (χ4v) is 5.37. The van der Waals surface area contributed by atoms with Crippen LogP contribution in [0.3, 0.4) is 0 Å². The molecule has 1 fully saturated rings. The molecule has 1 heterocycles. The van der Waals surface area contributed by atoms with Crippen molar-refractivity contribution in [3.8, 4) is 0 Å². The molecule has 0 spiro atoms. The molecule has 0 saturated heterocycles. The Bertz CT molecular complexity index is 1090. The Kier molecular flexibility index (Phi) is 5.60. The zero-order valence-corrected chi connectivity index (χ0v) is 17.3. The van der Waals surface area contributed by atoms with E-state index in [1.165, 1.54) is 24.3 Å². The second-order valence-electron chi connectivity index (χ2n) is 7.82. The number of nitrogens with one attached hydrogen (secondary N) is 2. The maximum absolute atomic E-state index is 13.8. The molecule has 0 atom stereocenters. The van der Waals surface area contributed by atoms with E-state index in [4.69, 9.17) is 0 Å². The third-order valence-corrected chi connectivity index (χ3v) is 7.18. The third-order valence-electron chi connectivity index (χ3n) is 5.80. The molecule has 0 aromatic heterocycles. The number of hydrogen-bond acceptors (Lipinski definition) is 4. The van der Waals surface area contributed by atoms with E-state index >= 15 is 0 Å². The van der Waals surface area contributed by atoms with Gasteiger partial charge >= 0.3 is 0 Å². The van der Waals surface area contributed by atoms with Crippen LogP contribution in [0.1, 0.15) is 44.1 Å². The molecule has 2 aromatic carbocycles. The summed E-state index contributed by atoms with van der Waals surface area (Å²) in [4.78, 5) is 17.5. The Labute approximate surface area is 175 Å². The zero-order valence-electron chi connectivity index (χ0n) is 16.5. The Hall–Kier alpha value is -2.74. The molecule has 2 N–H and O–H groups in total. The largest absolute Gasteiger partial charge is 0.325 e. The summed E-state index contributed by atoms with van der Waals surface area (Å²) in [5.41, 5.74) is 0.231. The van der Waals surface area contributed by atoms with Crippen LogP contribution in [-0.2, 0) is 20.2 Å². The van der Waals surface area contributed by atoms with Gasteiger partial charge in [0, 0.05) is 18.7 Å². The second-order valence-corrected chi connectivity index (χ2v) is 9.50. The normalized spacial score (nSPS) is 18.1. The van der Waals surface area contributed by atoms with Crippen molar-refractivity contribution >= 4 is 27.5 Å². The molecule has 1 aliphatic carbocycles. The smallest absolute Gasteiger partial charge is 0.262 e. The van der Waals surface area contributed by atoms with Gasteiger partial charge in [-0.25, -0.2) is 12.8 Å². The van der Waals surface area contributed by atoms with Crippen LogP contribution >= 0.6 is 0 Å². The van der Waals surface area contributed by atoms with E-state index in [1.54, 1.807) is 24.3 Å². The van der Waals surface area contributed by atoms with Gasteiger partial charge in [0.1, 0.15) is 11.7 Å². The van der Waals surface area contributed by atoms with Gasteiger partial charge in [0.2, 0.25) is 5.91 Å². The van der Waals surface area contributed by atoms with Crippen LogP contribution < -0.4 is 10.0 Å². The molecule has 2 aliphatic rings. The number of sulfonamides is 1. The molecule has 1 amide bonds.